The SMILES string of the molecule is COC(=O)[C@@]1([C@@]2(C(=O)OC)CC3c4ccccc4C2c2ccccc23)O[C@H]1C. The average Bonchev–Trinajstić information content (AvgIpc) is 3.44. The van der Waals surface area contributed by atoms with Crippen LogP contribution in [-0.4, -0.2) is 37.9 Å². The lowest BCUT2D eigenvalue weighted by Gasteiger charge is -2.53. The van der Waals surface area contributed by atoms with Gasteiger partial charge in [-0.1, -0.05) is 48.5 Å². The van der Waals surface area contributed by atoms with Gasteiger partial charge in [0.25, 0.3) is 0 Å². The second-order valence-corrected chi connectivity index (χ2v) is 7.90. The molecule has 4 aliphatic rings. The summed E-state index contributed by atoms with van der Waals surface area (Å²) in [5, 5.41) is 0. The molecule has 0 amide bonds. The van der Waals surface area contributed by atoms with E-state index in [9.17, 15) is 9.59 Å². The van der Waals surface area contributed by atoms with E-state index in [1.54, 1.807) is 0 Å². The van der Waals surface area contributed by atoms with Crippen molar-refractivity contribution in [3.05, 3.63) is 70.8 Å². The highest BCUT2D eigenvalue weighted by atomic mass is 16.7. The van der Waals surface area contributed by atoms with Gasteiger partial charge in [0.15, 0.2) is 0 Å². The van der Waals surface area contributed by atoms with Crippen LogP contribution in [0.2, 0.25) is 0 Å². The van der Waals surface area contributed by atoms with Crippen molar-refractivity contribution in [3.8, 4) is 0 Å². The number of esters is 2. The van der Waals surface area contributed by atoms with Crippen LogP contribution in [0.5, 0.6) is 0 Å². The summed E-state index contributed by atoms with van der Waals surface area (Å²) in [4.78, 5) is 26.4. The molecule has 5 heteroatoms. The van der Waals surface area contributed by atoms with Crippen LogP contribution in [0.25, 0.3) is 0 Å². The van der Waals surface area contributed by atoms with Gasteiger partial charge >= 0.3 is 11.9 Å². The number of hydrogen-bond acceptors (Lipinski definition) is 5. The summed E-state index contributed by atoms with van der Waals surface area (Å²) in [5.74, 6) is -1.26. The maximum Gasteiger partial charge on any atom is 0.342 e. The normalized spacial score (nSPS) is 34.2. The molecule has 0 unspecified atom stereocenters. The van der Waals surface area contributed by atoms with E-state index >= 15 is 0 Å². The van der Waals surface area contributed by atoms with Crippen LogP contribution in [0.4, 0.5) is 0 Å². The fraction of sp³-hybridized carbons (Fsp3) is 0.391. The Hall–Kier alpha value is -2.66. The predicted molar refractivity (Wildman–Crippen MR) is 101 cm³/mol. The molecule has 2 aromatic carbocycles. The summed E-state index contributed by atoms with van der Waals surface area (Å²) >= 11 is 0. The van der Waals surface area contributed by atoms with E-state index in [0.29, 0.717) is 6.42 Å². The number of benzene rings is 2. The van der Waals surface area contributed by atoms with Gasteiger partial charge in [-0.25, -0.2) is 4.79 Å². The third-order valence-electron chi connectivity index (χ3n) is 6.96. The molecule has 0 radical (unpaired) electrons. The highest BCUT2D eigenvalue weighted by Gasteiger charge is 2.80. The lowest BCUT2D eigenvalue weighted by molar-refractivity contribution is -0.172. The molecule has 0 N–H and O–H groups in total. The zero-order valence-corrected chi connectivity index (χ0v) is 16.1. The van der Waals surface area contributed by atoms with Gasteiger partial charge in [0.05, 0.1) is 20.3 Å². The monoisotopic (exact) mass is 378 g/mol. The fourth-order valence-corrected chi connectivity index (χ4v) is 5.87. The van der Waals surface area contributed by atoms with Crippen LogP contribution in [0, 0.1) is 5.41 Å². The first-order valence-electron chi connectivity index (χ1n) is 9.55. The molecular weight excluding hydrogens is 356 g/mol. The molecule has 5 nitrogen and oxygen atoms in total. The molecule has 2 bridgehead atoms. The fourth-order valence-electron chi connectivity index (χ4n) is 5.87. The van der Waals surface area contributed by atoms with Gasteiger partial charge in [-0.05, 0) is 35.6 Å². The van der Waals surface area contributed by atoms with Gasteiger partial charge in [-0.15, -0.1) is 0 Å². The number of fused-ring (bicyclic) bond motifs is 1. The minimum atomic E-state index is -1.33. The zero-order chi connectivity index (χ0) is 19.7. The Kier molecular flexibility index (Phi) is 3.53. The Morgan fingerprint density at radius 3 is 1.79 bits per heavy atom. The Morgan fingerprint density at radius 2 is 1.36 bits per heavy atom. The maximum atomic E-state index is 13.4. The Labute approximate surface area is 163 Å². The van der Waals surface area contributed by atoms with Crippen LogP contribution < -0.4 is 0 Å². The van der Waals surface area contributed by atoms with Crippen molar-refractivity contribution >= 4 is 11.9 Å². The maximum absolute atomic E-state index is 13.4. The Bertz CT molecular complexity index is 950. The van der Waals surface area contributed by atoms with Crippen molar-refractivity contribution < 1.29 is 23.8 Å². The Morgan fingerprint density at radius 1 is 0.893 bits per heavy atom. The van der Waals surface area contributed by atoms with E-state index in [2.05, 4.69) is 24.3 Å². The summed E-state index contributed by atoms with van der Waals surface area (Å²) in [6.07, 6.45) is 0.0374. The van der Waals surface area contributed by atoms with Crippen molar-refractivity contribution in [2.75, 3.05) is 14.2 Å². The Balaban J connectivity index is 1.84. The van der Waals surface area contributed by atoms with Gasteiger partial charge < -0.3 is 14.2 Å². The van der Waals surface area contributed by atoms with Crippen molar-refractivity contribution in [2.45, 2.75) is 36.9 Å². The van der Waals surface area contributed by atoms with E-state index in [1.165, 1.54) is 25.3 Å². The minimum Gasteiger partial charge on any atom is -0.468 e. The summed E-state index contributed by atoms with van der Waals surface area (Å²) < 4.78 is 16.4. The largest absolute Gasteiger partial charge is 0.468 e. The number of carbonyl (C=O) groups is 2. The van der Waals surface area contributed by atoms with E-state index in [0.717, 1.165) is 11.1 Å². The summed E-state index contributed by atoms with van der Waals surface area (Å²) in [5.41, 5.74) is 2.04. The lowest BCUT2D eigenvalue weighted by atomic mass is 9.47. The van der Waals surface area contributed by atoms with E-state index < -0.39 is 29.1 Å². The predicted octanol–water partition coefficient (Wildman–Crippen LogP) is 3.16. The van der Waals surface area contributed by atoms with E-state index in [-0.39, 0.29) is 11.8 Å². The lowest BCUT2D eigenvalue weighted by Crippen LogP contribution is -2.59. The molecule has 6 rings (SSSR count). The van der Waals surface area contributed by atoms with Gasteiger partial charge in [0.2, 0.25) is 5.60 Å². The van der Waals surface area contributed by atoms with Crippen molar-refractivity contribution in [1.82, 2.24) is 0 Å². The molecular formula is C23H22O5. The third-order valence-corrected chi connectivity index (χ3v) is 6.96. The van der Waals surface area contributed by atoms with Crippen LogP contribution >= 0.6 is 0 Å². The zero-order valence-electron chi connectivity index (χ0n) is 16.1. The number of epoxide rings is 1. The van der Waals surface area contributed by atoms with Crippen LogP contribution in [0.15, 0.2) is 48.5 Å². The number of hydrogen-bond donors (Lipinski definition) is 0. The molecule has 0 aromatic heterocycles. The molecule has 1 fully saturated rings. The summed E-state index contributed by atoms with van der Waals surface area (Å²) in [6, 6.07) is 16.3. The van der Waals surface area contributed by atoms with Crippen LogP contribution in [0.3, 0.4) is 0 Å². The van der Waals surface area contributed by atoms with Gasteiger partial charge in [-0.3, -0.25) is 4.79 Å². The molecule has 0 spiro atoms. The first kappa shape index (κ1) is 17.4. The van der Waals surface area contributed by atoms with Gasteiger partial charge in [0, 0.05) is 11.8 Å². The molecule has 3 aliphatic carbocycles. The molecule has 28 heavy (non-hydrogen) atoms. The first-order chi connectivity index (χ1) is 13.5. The van der Waals surface area contributed by atoms with E-state index in [1.807, 2.05) is 31.2 Å². The first-order valence-corrected chi connectivity index (χ1v) is 9.55. The third kappa shape index (κ3) is 1.80. The van der Waals surface area contributed by atoms with Gasteiger partial charge in [0.1, 0.15) is 5.41 Å². The van der Waals surface area contributed by atoms with Crippen LogP contribution in [-0.2, 0) is 23.8 Å². The highest BCUT2D eigenvalue weighted by molar-refractivity contribution is 5.96. The number of methoxy groups -OCH3 is 2. The van der Waals surface area contributed by atoms with Crippen molar-refractivity contribution in [3.63, 3.8) is 0 Å². The molecule has 1 aliphatic heterocycles. The van der Waals surface area contributed by atoms with Gasteiger partial charge in [-0.2, -0.15) is 0 Å². The number of ether oxygens (including phenoxy) is 3. The molecule has 2 aromatic rings. The number of carbonyl (C=O) groups excluding carboxylic acids is 2. The molecule has 3 atom stereocenters. The summed E-state index contributed by atoms with van der Waals surface area (Å²) in [7, 11) is 2.72. The number of rotatable bonds is 3. The van der Waals surface area contributed by atoms with Crippen LogP contribution in [0.1, 0.15) is 47.4 Å². The minimum absolute atomic E-state index is 0.00516. The van der Waals surface area contributed by atoms with Crippen molar-refractivity contribution in [2.24, 2.45) is 5.41 Å². The molecule has 0 saturated carbocycles. The van der Waals surface area contributed by atoms with Crippen molar-refractivity contribution in [1.29, 1.82) is 0 Å². The smallest absolute Gasteiger partial charge is 0.342 e. The molecule has 1 saturated heterocycles. The topological polar surface area (TPSA) is 65.1 Å². The van der Waals surface area contributed by atoms with E-state index in [4.69, 9.17) is 14.2 Å². The second kappa shape index (κ2) is 5.67. The molecule has 1 heterocycles. The molecule has 144 valence electrons. The average molecular weight is 378 g/mol. The summed E-state index contributed by atoms with van der Waals surface area (Å²) in [6.45, 7) is 1.82. The second-order valence-electron chi connectivity index (χ2n) is 7.90. The quantitative estimate of drug-likeness (QED) is 0.606. The highest BCUT2D eigenvalue weighted by Crippen LogP contribution is 2.70. The standard InChI is InChI=1S/C23H22O5/c1-13-23(28-13,21(25)27-3)22(20(24)26-2)12-18-14-8-4-6-10-16(14)19(22)17-11-7-5-9-15(17)18/h4-11,13,18-19H,12H2,1-3H3/t13-,18?,19?,22-,23-/m0/s1.